The smallest absolute Gasteiger partial charge is 0.461 e. The molecule has 2 saturated heterocycles. The van der Waals surface area contributed by atoms with Crippen LogP contribution in [0.2, 0.25) is 0 Å². The van der Waals surface area contributed by atoms with Crippen molar-refractivity contribution < 1.29 is 38.1 Å². The standard InChI is InChI=1S/C24H33N4O9P/c1-15(2)21(30)35-17-9-11-27(13-17)38(33,37-16-7-5-4-6-8-16)34-14-18-20(29)24(3,32)22(36-18)28-12-10-19(25)26-23(28)31/h4-8,10,12,15,17-18,20,22,29,32H,9,11,13-14H2,1-3H3,(H2,25,26,31)/t17-,18-,20-,22-,24-,38?/m1/s1. The Kier molecular flexibility index (Phi) is 8.26. The molecule has 13 nitrogen and oxygen atoms in total. The van der Waals surface area contributed by atoms with Crippen LogP contribution in [0.3, 0.4) is 0 Å². The number of hydrogen-bond acceptors (Lipinski definition) is 11. The molecule has 14 heteroatoms. The predicted molar refractivity (Wildman–Crippen MR) is 135 cm³/mol. The molecule has 1 aromatic heterocycles. The number of hydrogen-bond donors (Lipinski definition) is 3. The Bertz CT molecular complexity index is 1240. The normalized spacial score (nSPS) is 29.3. The Morgan fingerprint density at radius 3 is 2.68 bits per heavy atom. The van der Waals surface area contributed by atoms with E-state index >= 15 is 0 Å². The maximum atomic E-state index is 14.1. The van der Waals surface area contributed by atoms with Gasteiger partial charge in [0.15, 0.2) is 6.23 Å². The molecule has 1 aromatic carbocycles. The van der Waals surface area contributed by atoms with Gasteiger partial charge in [-0.05, 0) is 31.5 Å². The van der Waals surface area contributed by atoms with Crippen molar-refractivity contribution in [2.45, 2.75) is 57.3 Å². The Morgan fingerprint density at radius 2 is 2.03 bits per heavy atom. The minimum atomic E-state index is -4.05. The molecule has 0 bridgehead atoms. The van der Waals surface area contributed by atoms with Crippen LogP contribution in [0.1, 0.15) is 33.4 Å². The van der Waals surface area contributed by atoms with E-state index in [0.717, 1.165) is 4.57 Å². The quantitative estimate of drug-likeness (QED) is 0.301. The van der Waals surface area contributed by atoms with E-state index in [1.54, 1.807) is 44.2 Å². The molecule has 0 saturated carbocycles. The van der Waals surface area contributed by atoms with Crippen LogP contribution in [0.4, 0.5) is 5.82 Å². The van der Waals surface area contributed by atoms with Gasteiger partial charge in [0.2, 0.25) is 0 Å². The average molecular weight is 553 g/mol. The van der Waals surface area contributed by atoms with Crippen molar-refractivity contribution in [2.75, 3.05) is 25.4 Å². The third kappa shape index (κ3) is 5.93. The summed E-state index contributed by atoms with van der Waals surface area (Å²) < 4.78 is 39.5. The Morgan fingerprint density at radius 1 is 1.32 bits per heavy atom. The van der Waals surface area contributed by atoms with Gasteiger partial charge in [0.1, 0.15) is 35.5 Å². The number of esters is 1. The van der Waals surface area contributed by atoms with Crippen molar-refractivity contribution in [3.63, 3.8) is 0 Å². The molecule has 2 aliphatic heterocycles. The lowest BCUT2D eigenvalue weighted by Gasteiger charge is -2.28. The van der Waals surface area contributed by atoms with Gasteiger partial charge >= 0.3 is 19.4 Å². The zero-order valence-electron chi connectivity index (χ0n) is 21.4. The number of benzene rings is 1. The first kappa shape index (κ1) is 28.2. The highest BCUT2D eigenvalue weighted by Gasteiger charge is 2.54. The van der Waals surface area contributed by atoms with Gasteiger partial charge in [-0.3, -0.25) is 13.9 Å². The van der Waals surface area contributed by atoms with Gasteiger partial charge in [0.25, 0.3) is 0 Å². The Labute approximate surface area is 219 Å². The molecule has 4 N–H and O–H groups in total. The first-order chi connectivity index (χ1) is 17.9. The van der Waals surface area contributed by atoms with E-state index in [0.29, 0.717) is 6.42 Å². The summed E-state index contributed by atoms with van der Waals surface area (Å²) in [6.45, 7) is 4.70. The SMILES string of the molecule is CC(C)C(=O)O[C@@H]1CCN(P(=O)(OC[C@H]2O[C@@H](n3ccc(N)nc3=O)[C@](C)(O)[C@@H]2O)Oc2ccccc2)C1. The molecular formula is C24H33N4O9P. The Balaban J connectivity index is 1.52. The molecule has 4 rings (SSSR count). The van der Waals surface area contributed by atoms with Crippen molar-refractivity contribution in [3.8, 4) is 5.75 Å². The second-order valence-electron chi connectivity index (χ2n) is 9.82. The summed E-state index contributed by atoms with van der Waals surface area (Å²) >= 11 is 0. The minimum absolute atomic E-state index is 0.00804. The zero-order valence-corrected chi connectivity index (χ0v) is 22.3. The highest BCUT2D eigenvalue weighted by Crippen LogP contribution is 2.54. The van der Waals surface area contributed by atoms with E-state index in [9.17, 15) is 24.4 Å². The molecule has 0 aliphatic carbocycles. The number of nitrogen functional groups attached to an aromatic ring is 1. The summed E-state index contributed by atoms with van der Waals surface area (Å²) in [5.41, 5.74) is 2.85. The van der Waals surface area contributed by atoms with E-state index < -0.39 is 50.2 Å². The van der Waals surface area contributed by atoms with E-state index in [-0.39, 0.29) is 36.5 Å². The summed E-state index contributed by atoms with van der Waals surface area (Å²) in [6.07, 6.45) is -2.77. The Hall–Kier alpha value is -2.80. The maximum Gasteiger partial charge on any atom is 0.461 e. The monoisotopic (exact) mass is 552 g/mol. The predicted octanol–water partition coefficient (Wildman–Crippen LogP) is 1.31. The highest BCUT2D eigenvalue weighted by atomic mass is 31.2. The van der Waals surface area contributed by atoms with Crippen molar-refractivity contribution in [2.24, 2.45) is 5.92 Å². The fraction of sp³-hybridized carbons (Fsp3) is 0.542. The number of aromatic nitrogens is 2. The number of aliphatic hydroxyl groups excluding tert-OH is 1. The first-order valence-electron chi connectivity index (χ1n) is 12.3. The number of carbonyl (C=O) groups is 1. The van der Waals surface area contributed by atoms with E-state index in [1.165, 1.54) is 23.9 Å². The number of nitrogens with two attached hydrogens (primary N) is 1. The topological polar surface area (TPSA) is 176 Å². The number of rotatable bonds is 9. The van der Waals surface area contributed by atoms with Crippen LogP contribution in [0.15, 0.2) is 47.4 Å². The molecule has 0 spiro atoms. The lowest BCUT2D eigenvalue weighted by molar-refractivity contribution is -0.152. The molecule has 2 aliphatic rings. The molecule has 0 amide bonds. The van der Waals surface area contributed by atoms with Crippen LogP contribution < -0.4 is 15.9 Å². The van der Waals surface area contributed by atoms with Gasteiger partial charge in [-0.15, -0.1) is 0 Å². The fourth-order valence-electron chi connectivity index (χ4n) is 4.26. The minimum Gasteiger partial charge on any atom is -0.461 e. The molecule has 3 heterocycles. The van der Waals surface area contributed by atoms with E-state index in [1.807, 2.05) is 0 Å². The van der Waals surface area contributed by atoms with Crippen molar-refractivity contribution in [1.29, 1.82) is 0 Å². The van der Waals surface area contributed by atoms with Gasteiger partial charge in [0.05, 0.1) is 12.5 Å². The molecule has 2 fully saturated rings. The first-order valence-corrected chi connectivity index (χ1v) is 13.8. The maximum absolute atomic E-state index is 14.1. The molecule has 208 valence electrons. The van der Waals surface area contributed by atoms with Crippen LogP contribution in [0, 0.1) is 5.92 Å². The number of para-hydroxylation sites is 1. The van der Waals surface area contributed by atoms with Crippen molar-refractivity contribution in [1.82, 2.24) is 14.2 Å². The lowest BCUT2D eigenvalue weighted by atomic mass is 9.96. The molecule has 38 heavy (non-hydrogen) atoms. The second-order valence-corrected chi connectivity index (χ2v) is 11.8. The molecule has 1 unspecified atom stereocenters. The number of nitrogens with zero attached hydrogens (tertiary/aromatic N) is 3. The van der Waals surface area contributed by atoms with Crippen molar-refractivity contribution >= 4 is 19.5 Å². The zero-order chi connectivity index (χ0) is 27.7. The molecular weight excluding hydrogens is 519 g/mol. The number of carbonyl (C=O) groups excluding carboxylic acids is 1. The summed E-state index contributed by atoms with van der Waals surface area (Å²) in [5, 5.41) is 21.8. The second kappa shape index (κ2) is 11.1. The largest absolute Gasteiger partial charge is 0.461 e. The number of anilines is 1. The fourth-order valence-corrected chi connectivity index (χ4v) is 6.06. The third-order valence-corrected chi connectivity index (χ3v) is 8.42. The van der Waals surface area contributed by atoms with Gasteiger partial charge in [-0.2, -0.15) is 9.65 Å². The van der Waals surface area contributed by atoms with E-state index in [4.69, 9.17) is 24.3 Å². The van der Waals surface area contributed by atoms with Crippen LogP contribution >= 0.6 is 7.75 Å². The summed E-state index contributed by atoms with van der Waals surface area (Å²) in [7, 11) is -4.05. The summed E-state index contributed by atoms with van der Waals surface area (Å²) in [4.78, 5) is 28.0. The van der Waals surface area contributed by atoms with Gasteiger partial charge < -0.3 is 29.9 Å². The van der Waals surface area contributed by atoms with Crippen LogP contribution in [0.25, 0.3) is 0 Å². The summed E-state index contributed by atoms with van der Waals surface area (Å²) in [6, 6.07) is 9.78. The van der Waals surface area contributed by atoms with Gasteiger partial charge in [0, 0.05) is 19.3 Å². The van der Waals surface area contributed by atoms with Crippen LogP contribution in [0.5, 0.6) is 5.75 Å². The third-order valence-electron chi connectivity index (χ3n) is 6.45. The highest BCUT2D eigenvalue weighted by molar-refractivity contribution is 7.51. The summed E-state index contributed by atoms with van der Waals surface area (Å²) in [5.74, 6) is -0.389. The molecule has 2 aromatic rings. The van der Waals surface area contributed by atoms with Crippen LogP contribution in [-0.2, 0) is 23.4 Å². The van der Waals surface area contributed by atoms with Gasteiger partial charge in [-0.1, -0.05) is 32.0 Å². The number of aliphatic hydroxyl groups is 2. The average Bonchev–Trinajstić information content (AvgIpc) is 3.42. The van der Waals surface area contributed by atoms with Crippen LogP contribution in [-0.4, -0.2) is 74.0 Å². The van der Waals surface area contributed by atoms with Crippen molar-refractivity contribution in [3.05, 3.63) is 53.1 Å². The molecule has 6 atom stereocenters. The lowest BCUT2D eigenvalue weighted by Crippen LogP contribution is -2.46. The number of ether oxygens (including phenoxy) is 2. The van der Waals surface area contributed by atoms with E-state index in [2.05, 4.69) is 4.98 Å². The van der Waals surface area contributed by atoms with Gasteiger partial charge in [-0.25, -0.2) is 9.36 Å². The molecule has 0 radical (unpaired) electrons.